The molecule has 1 heterocycles. The predicted octanol–water partition coefficient (Wildman–Crippen LogP) is 2.04. The Morgan fingerprint density at radius 2 is 2.17 bits per heavy atom. The zero-order valence-corrected chi connectivity index (χ0v) is 10.9. The number of rotatable bonds is 5. The molecule has 0 bridgehead atoms. The fourth-order valence-corrected chi connectivity index (χ4v) is 1.79. The molecule has 96 valence electrons. The molecule has 0 amide bonds. The van der Waals surface area contributed by atoms with Crippen LogP contribution in [0.2, 0.25) is 0 Å². The fourth-order valence-electron chi connectivity index (χ4n) is 1.79. The number of aryl methyl sites for hydroxylation is 1. The maximum atomic E-state index is 5.71. The molecule has 2 rings (SSSR count). The van der Waals surface area contributed by atoms with E-state index in [9.17, 15) is 0 Å². The highest BCUT2D eigenvalue weighted by molar-refractivity contribution is 5.28. The molecule has 0 radical (unpaired) electrons. The van der Waals surface area contributed by atoms with Gasteiger partial charge in [0, 0.05) is 12.2 Å². The number of nitrogens with zero attached hydrogens (tertiary/aromatic N) is 2. The summed E-state index contributed by atoms with van der Waals surface area (Å²) in [6, 6.07) is 7.89. The molecule has 0 aliphatic rings. The Bertz CT molecular complexity index is 520. The predicted molar refractivity (Wildman–Crippen MR) is 71.5 cm³/mol. The summed E-state index contributed by atoms with van der Waals surface area (Å²) in [7, 11) is 0. The van der Waals surface area contributed by atoms with Crippen molar-refractivity contribution in [2.45, 2.75) is 26.9 Å². The zero-order chi connectivity index (χ0) is 13.0. The lowest BCUT2D eigenvalue weighted by molar-refractivity contribution is 0.297. The van der Waals surface area contributed by atoms with E-state index in [-0.39, 0.29) is 0 Å². The smallest absolute Gasteiger partial charge is 0.119 e. The summed E-state index contributed by atoms with van der Waals surface area (Å²) < 4.78 is 7.81. The number of hydrogen-bond acceptors (Lipinski definition) is 3. The van der Waals surface area contributed by atoms with E-state index < -0.39 is 0 Å². The van der Waals surface area contributed by atoms with Gasteiger partial charge < -0.3 is 15.0 Å². The minimum Gasteiger partial charge on any atom is -0.492 e. The van der Waals surface area contributed by atoms with E-state index in [1.54, 1.807) is 0 Å². The number of ether oxygens (including phenoxy) is 1. The van der Waals surface area contributed by atoms with Gasteiger partial charge in [0.2, 0.25) is 0 Å². The van der Waals surface area contributed by atoms with Crippen molar-refractivity contribution in [1.82, 2.24) is 9.55 Å². The monoisotopic (exact) mass is 245 g/mol. The van der Waals surface area contributed by atoms with Crippen molar-refractivity contribution in [1.29, 1.82) is 0 Å². The molecular weight excluding hydrogens is 226 g/mol. The summed E-state index contributed by atoms with van der Waals surface area (Å²) in [6.07, 6.45) is 1.85. The first-order valence-corrected chi connectivity index (χ1v) is 6.11. The third-order valence-corrected chi connectivity index (χ3v) is 3.08. The van der Waals surface area contributed by atoms with Gasteiger partial charge in [-0.05, 0) is 31.5 Å². The van der Waals surface area contributed by atoms with E-state index in [0.717, 1.165) is 23.6 Å². The van der Waals surface area contributed by atoms with Crippen LogP contribution in [0.25, 0.3) is 0 Å². The van der Waals surface area contributed by atoms with Crippen LogP contribution in [0.1, 0.15) is 17.0 Å². The number of imidazole rings is 1. The summed E-state index contributed by atoms with van der Waals surface area (Å²) >= 11 is 0. The minimum atomic E-state index is 0.539. The van der Waals surface area contributed by atoms with Crippen LogP contribution < -0.4 is 10.5 Å². The second-order valence-electron chi connectivity index (χ2n) is 4.31. The second kappa shape index (κ2) is 5.69. The van der Waals surface area contributed by atoms with Gasteiger partial charge in [-0.1, -0.05) is 12.1 Å². The van der Waals surface area contributed by atoms with Crippen molar-refractivity contribution in [2.75, 3.05) is 6.61 Å². The molecule has 0 fully saturated rings. The Kier molecular flexibility index (Phi) is 3.99. The largest absolute Gasteiger partial charge is 0.492 e. The number of hydrogen-bond donors (Lipinski definition) is 1. The average Bonchev–Trinajstić information content (AvgIpc) is 2.71. The van der Waals surface area contributed by atoms with E-state index in [2.05, 4.69) is 16.5 Å². The molecule has 1 aromatic heterocycles. The Morgan fingerprint density at radius 1 is 1.33 bits per heavy atom. The molecule has 4 heteroatoms. The van der Waals surface area contributed by atoms with Crippen molar-refractivity contribution in [3.8, 4) is 5.75 Å². The number of aromatic nitrogens is 2. The summed E-state index contributed by atoms with van der Waals surface area (Å²) in [4.78, 5) is 4.26. The Hall–Kier alpha value is -1.81. The quantitative estimate of drug-likeness (QED) is 0.877. The van der Waals surface area contributed by atoms with E-state index in [1.807, 2.05) is 37.5 Å². The van der Waals surface area contributed by atoms with Crippen LogP contribution in [0.3, 0.4) is 0 Å². The Labute approximate surface area is 107 Å². The zero-order valence-electron chi connectivity index (χ0n) is 10.9. The first-order chi connectivity index (χ1) is 8.70. The van der Waals surface area contributed by atoms with Crippen LogP contribution in [0.15, 0.2) is 30.6 Å². The topological polar surface area (TPSA) is 53.1 Å². The highest BCUT2D eigenvalue weighted by atomic mass is 16.5. The second-order valence-corrected chi connectivity index (χ2v) is 4.31. The minimum absolute atomic E-state index is 0.539. The maximum absolute atomic E-state index is 5.71. The highest BCUT2D eigenvalue weighted by Crippen LogP contribution is 2.13. The van der Waals surface area contributed by atoms with Crippen molar-refractivity contribution in [3.05, 3.63) is 47.5 Å². The molecule has 18 heavy (non-hydrogen) atoms. The van der Waals surface area contributed by atoms with E-state index >= 15 is 0 Å². The molecule has 1 aromatic carbocycles. The molecule has 0 spiro atoms. The van der Waals surface area contributed by atoms with Gasteiger partial charge in [-0.15, -0.1) is 0 Å². The van der Waals surface area contributed by atoms with Crippen LogP contribution in [0.5, 0.6) is 5.75 Å². The van der Waals surface area contributed by atoms with Crippen LogP contribution in [-0.2, 0) is 13.1 Å². The first-order valence-electron chi connectivity index (χ1n) is 6.11. The molecular formula is C14H19N3O. The van der Waals surface area contributed by atoms with Crippen molar-refractivity contribution < 1.29 is 4.74 Å². The summed E-state index contributed by atoms with van der Waals surface area (Å²) in [5, 5.41) is 0. The van der Waals surface area contributed by atoms with Crippen LogP contribution in [0.4, 0.5) is 0 Å². The van der Waals surface area contributed by atoms with Crippen LogP contribution >= 0.6 is 0 Å². The van der Waals surface area contributed by atoms with Gasteiger partial charge in [0.05, 0.1) is 18.6 Å². The van der Waals surface area contributed by atoms with Gasteiger partial charge in [-0.2, -0.15) is 0 Å². The molecule has 4 nitrogen and oxygen atoms in total. The lowest BCUT2D eigenvalue weighted by atomic mass is 10.2. The third-order valence-electron chi connectivity index (χ3n) is 3.08. The average molecular weight is 245 g/mol. The number of nitrogens with two attached hydrogens (primary N) is 1. The van der Waals surface area contributed by atoms with E-state index in [0.29, 0.717) is 13.2 Å². The number of benzene rings is 1. The Balaban J connectivity index is 1.90. The van der Waals surface area contributed by atoms with Gasteiger partial charge in [-0.25, -0.2) is 4.98 Å². The standard InChI is InChI=1S/C14H19N3O/c1-11-12(2)17(10-16-11)6-7-18-14-5-3-4-13(8-14)9-15/h3-5,8,10H,6-7,9,15H2,1-2H3. The van der Waals surface area contributed by atoms with Crippen molar-refractivity contribution >= 4 is 0 Å². The van der Waals surface area contributed by atoms with Gasteiger partial charge >= 0.3 is 0 Å². The van der Waals surface area contributed by atoms with E-state index in [4.69, 9.17) is 10.5 Å². The fraction of sp³-hybridized carbons (Fsp3) is 0.357. The lowest BCUT2D eigenvalue weighted by Gasteiger charge is -2.09. The van der Waals surface area contributed by atoms with Gasteiger partial charge in [0.15, 0.2) is 0 Å². The van der Waals surface area contributed by atoms with E-state index in [1.165, 1.54) is 5.69 Å². The normalized spacial score (nSPS) is 10.6. The summed E-state index contributed by atoms with van der Waals surface area (Å²) in [5.41, 5.74) is 8.94. The highest BCUT2D eigenvalue weighted by Gasteiger charge is 2.02. The van der Waals surface area contributed by atoms with Gasteiger partial charge in [0.1, 0.15) is 12.4 Å². The first kappa shape index (κ1) is 12.6. The molecule has 0 atom stereocenters. The maximum Gasteiger partial charge on any atom is 0.119 e. The van der Waals surface area contributed by atoms with Gasteiger partial charge in [0.25, 0.3) is 0 Å². The van der Waals surface area contributed by atoms with Crippen LogP contribution in [-0.4, -0.2) is 16.2 Å². The Morgan fingerprint density at radius 3 is 2.83 bits per heavy atom. The molecule has 0 saturated heterocycles. The lowest BCUT2D eigenvalue weighted by Crippen LogP contribution is -2.09. The third kappa shape index (κ3) is 2.90. The summed E-state index contributed by atoms with van der Waals surface area (Å²) in [5.74, 6) is 0.868. The summed E-state index contributed by atoms with van der Waals surface area (Å²) in [6.45, 7) is 6.05. The van der Waals surface area contributed by atoms with Crippen molar-refractivity contribution in [3.63, 3.8) is 0 Å². The molecule has 0 aliphatic heterocycles. The van der Waals surface area contributed by atoms with Crippen molar-refractivity contribution in [2.24, 2.45) is 5.73 Å². The van der Waals surface area contributed by atoms with Crippen LogP contribution in [0, 0.1) is 13.8 Å². The molecule has 2 N–H and O–H groups in total. The molecule has 2 aromatic rings. The SMILES string of the molecule is Cc1ncn(CCOc2cccc(CN)c2)c1C. The molecule has 0 unspecified atom stereocenters. The molecule has 0 aliphatic carbocycles. The molecule has 0 saturated carbocycles. The van der Waals surface area contributed by atoms with Gasteiger partial charge in [-0.3, -0.25) is 0 Å².